The van der Waals surface area contributed by atoms with Crippen molar-refractivity contribution in [1.82, 2.24) is 0 Å². The van der Waals surface area contributed by atoms with E-state index in [1.807, 2.05) is 43.3 Å². The lowest BCUT2D eigenvalue weighted by atomic mass is 9.98. The molecule has 0 saturated carbocycles. The van der Waals surface area contributed by atoms with Crippen molar-refractivity contribution in [2.45, 2.75) is 13.3 Å². The predicted molar refractivity (Wildman–Crippen MR) is 101 cm³/mol. The summed E-state index contributed by atoms with van der Waals surface area (Å²) < 4.78 is 0. The highest BCUT2D eigenvalue weighted by Gasteiger charge is 2.14. The average Bonchev–Trinajstić information content (AvgIpc) is 2.59. The molecule has 4 aromatic carbocycles. The van der Waals surface area contributed by atoms with Gasteiger partial charge in [0.15, 0.2) is 0 Å². The van der Waals surface area contributed by atoms with Gasteiger partial charge in [-0.25, -0.2) is 0 Å². The van der Waals surface area contributed by atoms with Crippen molar-refractivity contribution >= 4 is 27.3 Å². The Hall–Kier alpha value is -3.20. The van der Waals surface area contributed by atoms with Crippen LogP contribution in [0.2, 0.25) is 0 Å². The Kier molecular flexibility index (Phi) is 3.50. The van der Waals surface area contributed by atoms with Gasteiger partial charge in [0.25, 0.3) is 0 Å². The van der Waals surface area contributed by atoms with Crippen LogP contribution < -0.4 is 16.1 Å². The van der Waals surface area contributed by atoms with Gasteiger partial charge >= 0.3 is 0 Å². The first-order valence-electron chi connectivity index (χ1n) is 8.15. The molecule has 0 radical (unpaired) electrons. The molecule has 0 bridgehead atoms. The van der Waals surface area contributed by atoms with E-state index in [0.717, 1.165) is 16.5 Å². The number of aliphatic hydroxyl groups is 1. The van der Waals surface area contributed by atoms with Gasteiger partial charge in [0.2, 0.25) is 10.9 Å². The number of rotatable bonds is 2. The molecule has 3 nitrogen and oxygen atoms in total. The normalized spacial score (nSPS) is 11.2. The Morgan fingerprint density at radius 3 is 2.08 bits per heavy atom. The summed E-state index contributed by atoms with van der Waals surface area (Å²) >= 11 is 0. The minimum absolute atomic E-state index is 0.118. The van der Waals surface area contributed by atoms with Gasteiger partial charge in [-0.05, 0) is 17.9 Å². The van der Waals surface area contributed by atoms with E-state index >= 15 is 0 Å². The zero-order valence-electron chi connectivity index (χ0n) is 13.7. The third kappa shape index (κ3) is 2.45. The second kappa shape index (κ2) is 5.71. The van der Waals surface area contributed by atoms with Gasteiger partial charge in [0, 0.05) is 22.6 Å². The van der Waals surface area contributed by atoms with E-state index in [9.17, 15) is 14.7 Å². The largest absolute Gasteiger partial charge is 0.511 e. The van der Waals surface area contributed by atoms with Crippen molar-refractivity contribution in [2.24, 2.45) is 0 Å². The summed E-state index contributed by atoms with van der Waals surface area (Å²) in [6, 6.07) is 18.4. The second-order valence-corrected chi connectivity index (χ2v) is 6.36. The first-order chi connectivity index (χ1) is 12.1. The number of hydrogen-bond acceptors (Lipinski definition) is 3. The summed E-state index contributed by atoms with van der Waals surface area (Å²) in [6.07, 6.45) is 0.159. The molecule has 0 fully saturated rings. The molecule has 25 heavy (non-hydrogen) atoms. The van der Waals surface area contributed by atoms with Crippen LogP contribution in [0.25, 0.3) is 27.3 Å². The Morgan fingerprint density at radius 1 is 0.880 bits per heavy atom. The maximum atomic E-state index is 12.9. The SMILES string of the molecule is Cc1cccc(CC(O)=c2c(=O)c3cccc4cccc(c2=O)c43)c1. The smallest absolute Gasteiger partial charge is 0.201 e. The van der Waals surface area contributed by atoms with Crippen LogP contribution in [0.5, 0.6) is 0 Å². The fourth-order valence-corrected chi connectivity index (χ4v) is 3.46. The molecule has 122 valence electrons. The van der Waals surface area contributed by atoms with E-state index in [1.54, 1.807) is 24.3 Å². The Bertz CT molecular complexity index is 1210. The zero-order chi connectivity index (χ0) is 17.6. The summed E-state index contributed by atoms with van der Waals surface area (Å²) in [5.41, 5.74) is 1.12. The third-order valence-corrected chi connectivity index (χ3v) is 4.59. The van der Waals surface area contributed by atoms with E-state index in [4.69, 9.17) is 0 Å². The van der Waals surface area contributed by atoms with Gasteiger partial charge in [-0.1, -0.05) is 66.2 Å². The monoisotopic (exact) mass is 328 g/mol. The van der Waals surface area contributed by atoms with E-state index in [-0.39, 0.29) is 17.4 Å². The molecule has 0 aromatic heterocycles. The fourth-order valence-electron chi connectivity index (χ4n) is 3.46. The van der Waals surface area contributed by atoms with Crippen molar-refractivity contribution < 1.29 is 5.11 Å². The predicted octanol–water partition coefficient (Wildman–Crippen LogP) is 3.09. The van der Waals surface area contributed by atoms with Crippen LogP contribution in [0.15, 0.2) is 70.3 Å². The molecule has 4 aromatic rings. The molecule has 0 heterocycles. The van der Waals surface area contributed by atoms with Crippen molar-refractivity contribution in [3.63, 3.8) is 0 Å². The van der Waals surface area contributed by atoms with Crippen molar-refractivity contribution in [3.05, 3.63) is 97.5 Å². The highest BCUT2D eigenvalue weighted by Crippen LogP contribution is 2.21. The number of aliphatic hydroxyl groups excluding tert-OH is 1. The van der Waals surface area contributed by atoms with Crippen LogP contribution in [0.3, 0.4) is 0 Å². The minimum Gasteiger partial charge on any atom is -0.511 e. The van der Waals surface area contributed by atoms with E-state index < -0.39 is 10.9 Å². The van der Waals surface area contributed by atoms with Crippen LogP contribution in [0.1, 0.15) is 11.1 Å². The number of aryl methyl sites for hydroxylation is 1. The van der Waals surface area contributed by atoms with E-state index in [1.165, 1.54) is 0 Å². The molecule has 3 heteroatoms. The molecule has 0 atom stereocenters. The fraction of sp³-hybridized carbons (Fsp3) is 0.0909. The Morgan fingerprint density at radius 2 is 1.48 bits per heavy atom. The average molecular weight is 328 g/mol. The lowest BCUT2D eigenvalue weighted by Crippen LogP contribution is -2.41. The maximum absolute atomic E-state index is 12.9. The quantitative estimate of drug-likeness (QED) is 0.615. The summed E-state index contributed by atoms with van der Waals surface area (Å²) in [6.45, 7) is 1.96. The molecular formula is C22H16O3. The zero-order valence-corrected chi connectivity index (χ0v) is 13.7. The molecule has 0 amide bonds. The molecular weight excluding hydrogens is 312 g/mol. The van der Waals surface area contributed by atoms with Crippen LogP contribution in [-0.2, 0) is 6.42 Å². The third-order valence-electron chi connectivity index (χ3n) is 4.59. The number of hydrogen-bond donors (Lipinski definition) is 1. The minimum atomic E-state index is -0.403. The van der Waals surface area contributed by atoms with Crippen LogP contribution in [-0.4, -0.2) is 5.11 Å². The van der Waals surface area contributed by atoms with Crippen LogP contribution in [0.4, 0.5) is 0 Å². The van der Waals surface area contributed by atoms with Crippen molar-refractivity contribution in [2.75, 3.05) is 0 Å². The Balaban J connectivity index is 2.08. The summed E-state index contributed by atoms with van der Waals surface area (Å²) in [7, 11) is 0. The standard InChI is InChI=1S/C22H16O3/c1-13-5-2-6-14(11-13)12-18(23)20-21(24)16-9-3-7-15-8-4-10-17(19(15)16)22(20)25/h2-11,23H,12H2,1H3. The number of benzene rings is 4. The Labute approximate surface area is 143 Å². The summed E-state index contributed by atoms with van der Waals surface area (Å²) in [5, 5.41) is 12.9. The maximum Gasteiger partial charge on any atom is 0.201 e. The summed E-state index contributed by atoms with van der Waals surface area (Å²) in [5.74, 6) is -0.174. The first-order valence-corrected chi connectivity index (χ1v) is 8.15. The molecule has 4 rings (SSSR count). The topological polar surface area (TPSA) is 54.4 Å². The van der Waals surface area contributed by atoms with E-state index in [2.05, 4.69) is 0 Å². The first kappa shape index (κ1) is 15.3. The van der Waals surface area contributed by atoms with Gasteiger partial charge in [-0.2, -0.15) is 0 Å². The van der Waals surface area contributed by atoms with Crippen molar-refractivity contribution in [3.8, 4) is 0 Å². The van der Waals surface area contributed by atoms with E-state index in [0.29, 0.717) is 16.2 Å². The van der Waals surface area contributed by atoms with Gasteiger partial charge < -0.3 is 5.11 Å². The molecule has 0 aliphatic heterocycles. The lowest BCUT2D eigenvalue weighted by Gasteiger charge is -2.06. The summed E-state index contributed by atoms with van der Waals surface area (Å²) in [4.78, 5) is 25.7. The molecule has 0 unspecified atom stereocenters. The molecule has 0 spiro atoms. The van der Waals surface area contributed by atoms with Gasteiger partial charge in [-0.15, -0.1) is 0 Å². The second-order valence-electron chi connectivity index (χ2n) is 6.36. The van der Waals surface area contributed by atoms with Gasteiger partial charge in [-0.3, -0.25) is 9.59 Å². The van der Waals surface area contributed by atoms with Crippen molar-refractivity contribution in [1.29, 1.82) is 0 Å². The van der Waals surface area contributed by atoms with Crippen LogP contribution >= 0.6 is 0 Å². The van der Waals surface area contributed by atoms with Gasteiger partial charge in [0.05, 0.1) is 0 Å². The molecule has 0 aliphatic rings. The molecule has 0 saturated heterocycles. The molecule has 1 N–H and O–H groups in total. The van der Waals surface area contributed by atoms with Crippen LogP contribution in [0, 0.1) is 6.92 Å². The molecule has 0 aliphatic carbocycles. The lowest BCUT2D eigenvalue weighted by molar-refractivity contribution is 0.486. The highest BCUT2D eigenvalue weighted by molar-refractivity contribution is 6.09. The van der Waals surface area contributed by atoms with Gasteiger partial charge in [0.1, 0.15) is 11.0 Å². The highest BCUT2D eigenvalue weighted by atomic mass is 16.3.